The van der Waals surface area contributed by atoms with Crippen molar-refractivity contribution in [1.82, 2.24) is 15.1 Å². The van der Waals surface area contributed by atoms with Gasteiger partial charge in [-0.3, -0.25) is 14.5 Å². The van der Waals surface area contributed by atoms with Crippen LogP contribution >= 0.6 is 0 Å². The third kappa shape index (κ3) is 6.86. The van der Waals surface area contributed by atoms with Crippen LogP contribution in [-0.2, 0) is 16.1 Å². The summed E-state index contributed by atoms with van der Waals surface area (Å²) < 4.78 is 5.26. The van der Waals surface area contributed by atoms with Crippen LogP contribution in [0.2, 0.25) is 0 Å². The van der Waals surface area contributed by atoms with Crippen LogP contribution in [-0.4, -0.2) is 68.0 Å². The molecular weight excluding hydrogens is 380 g/mol. The molecule has 160 valence electrons. The molecule has 1 fully saturated rings. The van der Waals surface area contributed by atoms with Crippen molar-refractivity contribution in [3.05, 3.63) is 60.2 Å². The maximum atomic E-state index is 12.3. The van der Waals surface area contributed by atoms with Crippen LogP contribution in [0.15, 0.2) is 54.6 Å². The Kier molecular flexibility index (Phi) is 8.23. The van der Waals surface area contributed by atoms with Gasteiger partial charge in [-0.1, -0.05) is 42.5 Å². The van der Waals surface area contributed by atoms with E-state index in [0.29, 0.717) is 37.5 Å². The summed E-state index contributed by atoms with van der Waals surface area (Å²) >= 11 is 0. The Hall–Kier alpha value is -2.90. The smallest absolute Gasteiger partial charge is 0.234 e. The number of carbonyl (C=O) groups excluding carboxylic acids is 2. The zero-order valence-corrected chi connectivity index (χ0v) is 17.5. The molecule has 0 bridgehead atoms. The number of benzene rings is 2. The summed E-state index contributed by atoms with van der Waals surface area (Å²) in [5.41, 5.74) is 1.79. The SMILES string of the molecule is COc1ccccc1NC(=O)CCN1CCN(CC(=O)NCc2ccccc2)CC1. The first kappa shape index (κ1) is 21.8. The first-order valence-electron chi connectivity index (χ1n) is 10.3. The molecule has 1 heterocycles. The number of nitrogens with one attached hydrogen (secondary N) is 2. The van der Waals surface area contributed by atoms with Crippen molar-refractivity contribution in [3.8, 4) is 5.75 Å². The van der Waals surface area contributed by atoms with Crippen LogP contribution < -0.4 is 15.4 Å². The minimum atomic E-state index is -0.0257. The minimum Gasteiger partial charge on any atom is -0.495 e. The van der Waals surface area contributed by atoms with E-state index in [1.807, 2.05) is 54.6 Å². The number of anilines is 1. The summed E-state index contributed by atoms with van der Waals surface area (Å²) in [4.78, 5) is 28.9. The quantitative estimate of drug-likeness (QED) is 0.661. The molecule has 2 aromatic rings. The number of amides is 2. The largest absolute Gasteiger partial charge is 0.495 e. The Morgan fingerprint density at radius 3 is 2.30 bits per heavy atom. The van der Waals surface area contributed by atoms with Gasteiger partial charge in [0.05, 0.1) is 19.3 Å². The molecule has 1 aliphatic heterocycles. The van der Waals surface area contributed by atoms with E-state index in [1.165, 1.54) is 0 Å². The van der Waals surface area contributed by atoms with E-state index in [0.717, 1.165) is 31.7 Å². The Labute approximate surface area is 178 Å². The van der Waals surface area contributed by atoms with Gasteiger partial charge in [0.15, 0.2) is 0 Å². The molecule has 0 saturated carbocycles. The van der Waals surface area contributed by atoms with Crippen LogP contribution in [0.5, 0.6) is 5.75 Å². The molecule has 30 heavy (non-hydrogen) atoms. The summed E-state index contributed by atoms with van der Waals surface area (Å²) in [6, 6.07) is 17.3. The van der Waals surface area contributed by atoms with Crippen molar-refractivity contribution >= 4 is 17.5 Å². The maximum absolute atomic E-state index is 12.3. The first-order valence-corrected chi connectivity index (χ1v) is 10.3. The van der Waals surface area contributed by atoms with Crippen molar-refractivity contribution in [1.29, 1.82) is 0 Å². The van der Waals surface area contributed by atoms with E-state index in [4.69, 9.17) is 4.74 Å². The molecule has 0 aliphatic carbocycles. The van der Waals surface area contributed by atoms with Crippen molar-refractivity contribution in [2.45, 2.75) is 13.0 Å². The van der Waals surface area contributed by atoms with Gasteiger partial charge >= 0.3 is 0 Å². The highest BCUT2D eigenvalue weighted by atomic mass is 16.5. The first-order chi connectivity index (χ1) is 14.6. The summed E-state index contributed by atoms with van der Waals surface area (Å²) in [5.74, 6) is 0.677. The van der Waals surface area contributed by atoms with Gasteiger partial charge in [0, 0.05) is 45.7 Å². The van der Waals surface area contributed by atoms with Gasteiger partial charge in [0.2, 0.25) is 11.8 Å². The van der Waals surface area contributed by atoms with Crippen molar-refractivity contribution < 1.29 is 14.3 Å². The van der Waals surface area contributed by atoms with Gasteiger partial charge in [-0.25, -0.2) is 0 Å². The van der Waals surface area contributed by atoms with Gasteiger partial charge in [-0.2, -0.15) is 0 Å². The number of carbonyl (C=O) groups is 2. The highest BCUT2D eigenvalue weighted by Gasteiger charge is 2.19. The molecule has 0 atom stereocenters. The fraction of sp³-hybridized carbons (Fsp3) is 0.391. The molecule has 2 N–H and O–H groups in total. The summed E-state index contributed by atoms with van der Waals surface area (Å²) in [5, 5.41) is 5.88. The van der Waals surface area contributed by atoms with E-state index < -0.39 is 0 Å². The second kappa shape index (κ2) is 11.3. The van der Waals surface area contributed by atoms with Gasteiger partial charge in [0.25, 0.3) is 0 Å². The van der Waals surface area contributed by atoms with Crippen LogP contribution in [0, 0.1) is 0 Å². The van der Waals surface area contributed by atoms with Gasteiger partial charge in [-0.15, -0.1) is 0 Å². The molecule has 2 aromatic carbocycles. The van der Waals surface area contributed by atoms with Gasteiger partial charge < -0.3 is 20.3 Å². The summed E-state index contributed by atoms with van der Waals surface area (Å²) in [6.07, 6.45) is 0.426. The van der Waals surface area contributed by atoms with Gasteiger partial charge in [-0.05, 0) is 17.7 Å². The number of rotatable bonds is 9. The zero-order chi connectivity index (χ0) is 21.2. The van der Waals surface area contributed by atoms with Crippen molar-refractivity contribution in [2.24, 2.45) is 0 Å². The van der Waals surface area contributed by atoms with E-state index in [9.17, 15) is 9.59 Å². The van der Waals surface area contributed by atoms with E-state index >= 15 is 0 Å². The van der Waals surface area contributed by atoms with Crippen molar-refractivity contribution in [2.75, 3.05) is 51.7 Å². The van der Waals surface area contributed by atoms with Crippen molar-refractivity contribution in [3.63, 3.8) is 0 Å². The highest BCUT2D eigenvalue weighted by molar-refractivity contribution is 5.92. The molecule has 7 heteroatoms. The molecule has 0 unspecified atom stereocenters. The lowest BCUT2D eigenvalue weighted by Crippen LogP contribution is -2.49. The number of hydrogen-bond acceptors (Lipinski definition) is 5. The van der Waals surface area contributed by atoms with E-state index in [2.05, 4.69) is 20.4 Å². The predicted molar refractivity (Wildman–Crippen MR) is 117 cm³/mol. The molecule has 0 radical (unpaired) electrons. The minimum absolute atomic E-state index is 0.0257. The molecule has 1 aliphatic rings. The zero-order valence-electron chi connectivity index (χ0n) is 17.5. The Morgan fingerprint density at radius 2 is 1.57 bits per heavy atom. The molecule has 7 nitrogen and oxygen atoms in total. The predicted octanol–water partition coefficient (Wildman–Crippen LogP) is 1.96. The van der Waals surface area contributed by atoms with Crippen LogP contribution in [0.4, 0.5) is 5.69 Å². The molecule has 2 amide bonds. The third-order valence-electron chi connectivity index (χ3n) is 5.20. The number of nitrogens with zero attached hydrogens (tertiary/aromatic N) is 2. The fourth-order valence-electron chi connectivity index (χ4n) is 3.45. The molecular formula is C23H30N4O3. The normalized spacial score (nSPS) is 14.8. The topological polar surface area (TPSA) is 73.9 Å². The Morgan fingerprint density at radius 1 is 0.900 bits per heavy atom. The standard InChI is InChI=1S/C23H30N4O3/c1-30-21-10-6-5-9-20(21)25-22(28)11-12-26-13-15-27(16-14-26)18-23(29)24-17-19-7-3-2-4-8-19/h2-10H,11-18H2,1H3,(H,24,29)(H,25,28). The van der Waals surface area contributed by atoms with Crippen LogP contribution in [0.1, 0.15) is 12.0 Å². The average Bonchev–Trinajstić information content (AvgIpc) is 2.78. The lowest BCUT2D eigenvalue weighted by molar-refractivity contribution is -0.122. The second-order valence-corrected chi connectivity index (χ2v) is 7.38. The monoisotopic (exact) mass is 410 g/mol. The Bertz CT molecular complexity index is 820. The summed E-state index contributed by atoms with van der Waals surface area (Å²) in [6.45, 7) is 5.03. The molecule has 0 spiro atoms. The molecule has 0 aromatic heterocycles. The number of piperazine rings is 1. The highest BCUT2D eigenvalue weighted by Crippen LogP contribution is 2.23. The number of methoxy groups -OCH3 is 1. The molecule has 1 saturated heterocycles. The number of ether oxygens (including phenoxy) is 1. The number of para-hydroxylation sites is 2. The maximum Gasteiger partial charge on any atom is 0.234 e. The fourth-order valence-corrected chi connectivity index (χ4v) is 3.45. The second-order valence-electron chi connectivity index (χ2n) is 7.38. The lowest BCUT2D eigenvalue weighted by Gasteiger charge is -2.34. The summed E-state index contributed by atoms with van der Waals surface area (Å²) in [7, 11) is 1.59. The van der Waals surface area contributed by atoms with Crippen LogP contribution in [0.3, 0.4) is 0 Å². The number of hydrogen-bond donors (Lipinski definition) is 2. The lowest BCUT2D eigenvalue weighted by atomic mass is 10.2. The third-order valence-corrected chi connectivity index (χ3v) is 5.20. The Balaban J connectivity index is 1.32. The molecule has 3 rings (SSSR count). The van der Waals surface area contributed by atoms with E-state index in [1.54, 1.807) is 7.11 Å². The average molecular weight is 411 g/mol. The van der Waals surface area contributed by atoms with E-state index in [-0.39, 0.29) is 11.8 Å². The van der Waals surface area contributed by atoms with Gasteiger partial charge in [0.1, 0.15) is 5.75 Å². The van der Waals surface area contributed by atoms with Crippen LogP contribution in [0.25, 0.3) is 0 Å².